The van der Waals surface area contributed by atoms with Crippen molar-refractivity contribution in [2.45, 2.75) is 51.6 Å². The number of fused-ring (bicyclic) bond motifs is 1. The van der Waals surface area contributed by atoms with Crippen LogP contribution in [0.1, 0.15) is 54.9 Å². The summed E-state index contributed by atoms with van der Waals surface area (Å²) in [4.78, 5) is 27.0. The zero-order chi connectivity index (χ0) is 17.8. The van der Waals surface area contributed by atoms with E-state index >= 15 is 0 Å². The molecule has 1 aromatic carbocycles. The number of hydrogen-bond donors (Lipinski definition) is 0. The summed E-state index contributed by atoms with van der Waals surface area (Å²) in [6.07, 6.45) is 8.09. The lowest BCUT2D eigenvalue weighted by Gasteiger charge is -2.25. The number of hydrogen-bond acceptors (Lipinski definition) is 3. The highest BCUT2D eigenvalue weighted by Crippen LogP contribution is 2.34. The number of ketones is 1. The number of Topliss-reactive ketones (excluding diaryl/α,β-unsaturated/α-hetero) is 1. The number of nitrogens with zero attached hydrogens (tertiary/aromatic N) is 1. The lowest BCUT2D eigenvalue weighted by atomic mass is 10.1. The molecule has 4 heteroatoms. The second-order valence-corrected chi connectivity index (χ2v) is 6.65. The van der Waals surface area contributed by atoms with Gasteiger partial charge in [-0.05, 0) is 37.5 Å². The average Bonchev–Trinajstić information content (AvgIpc) is 2.81. The zero-order valence-corrected chi connectivity index (χ0v) is 14.8. The van der Waals surface area contributed by atoms with Gasteiger partial charge in [0.1, 0.15) is 12.4 Å². The van der Waals surface area contributed by atoms with Gasteiger partial charge in [-0.3, -0.25) is 9.59 Å². The highest BCUT2D eigenvalue weighted by molar-refractivity contribution is 6.02. The molecule has 0 bridgehead atoms. The third-order valence-corrected chi connectivity index (χ3v) is 5.13. The molecular formula is C21H25NO3. The molecule has 0 N–H and O–H groups in total. The minimum Gasteiger partial charge on any atom is -0.489 e. The van der Waals surface area contributed by atoms with Crippen molar-refractivity contribution in [1.82, 2.24) is 4.90 Å². The Hall–Kier alpha value is -2.36. The summed E-state index contributed by atoms with van der Waals surface area (Å²) in [6.45, 7) is 6.60. The Labute approximate surface area is 149 Å². The second-order valence-electron chi connectivity index (χ2n) is 6.65. The van der Waals surface area contributed by atoms with Crippen LogP contribution in [0.2, 0.25) is 0 Å². The fourth-order valence-corrected chi connectivity index (χ4v) is 3.61. The van der Waals surface area contributed by atoms with E-state index in [1.54, 1.807) is 11.0 Å². The largest absolute Gasteiger partial charge is 0.489 e. The molecule has 1 aliphatic carbocycles. The van der Waals surface area contributed by atoms with Gasteiger partial charge in [-0.15, -0.1) is 0 Å². The number of amides is 1. The van der Waals surface area contributed by atoms with Gasteiger partial charge in [0.05, 0.1) is 12.6 Å². The molecule has 25 heavy (non-hydrogen) atoms. The van der Waals surface area contributed by atoms with Crippen molar-refractivity contribution in [2.24, 2.45) is 0 Å². The van der Waals surface area contributed by atoms with E-state index in [2.05, 4.69) is 6.58 Å². The molecule has 1 amide bonds. The first-order chi connectivity index (χ1) is 12.2. The van der Waals surface area contributed by atoms with E-state index in [1.807, 2.05) is 31.2 Å². The van der Waals surface area contributed by atoms with Gasteiger partial charge in [-0.25, -0.2) is 0 Å². The number of carbonyl (C=O) groups is 2. The maximum atomic E-state index is 12.8. The van der Waals surface area contributed by atoms with Gasteiger partial charge in [0.25, 0.3) is 5.91 Å². The normalized spacial score (nSPS) is 21.1. The Morgan fingerprint density at radius 1 is 1.32 bits per heavy atom. The number of ether oxygens (including phenoxy) is 1. The van der Waals surface area contributed by atoms with Crippen LogP contribution >= 0.6 is 0 Å². The number of rotatable bonds is 5. The summed E-state index contributed by atoms with van der Waals surface area (Å²) in [6, 6.07) is 5.28. The van der Waals surface area contributed by atoms with Crippen LogP contribution in [0.15, 0.2) is 42.5 Å². The molecular weight excluding hydrogens is 314 g/mol. The third kappa shape index (κ3) is 3.53. The summed E-state index contributed by atoms with van der Waals surface area (Å²) in [5, 5.41) is 0. The van der Waals surface area contributed by atoms with Crippen LogP contribution in [0, 0.1) is 0 Å². The maximum Gasteiger partial charge on any atom is 0.255 e. The van der Waals surface area contributed by atoms with Gasteiger partial charge >= 0.3 is 0 Å². The molecule has 3 rings (SSSR count). The van der Waals surface area contributed by atoms with Crippen molar-refractivity contribution in [3.63, 3.8) is 0 Å². The fraction of sp³-hybridized carbons (Fsp3) is 0.429. The minimum absolute atomic E-state index is 0.0457. The monoisotopic (exact) mass is 339 g/mol. The summed E-state index contributed by atoms with van der Waals surface area (Å²) in [5.74, 6) is 0.871. The van der Waals surface area contributed by atoms with Gasteiger partial charge in [0.15, 0.2) is 5.78 Å². The summed E-state index contributed by atoms with van der Waals surface area (Å²) < 4.78 is 5.92. The maximum absolute atomic E-state index is 12.8. The quantitative estimate of drug-likeness (QED) is 0.600. The van der Waals surface area contributed by atoms with Crippen molar-refractivity contribution in [3.05, 3.63) is 53.6 Å². The molecule has 1 atom stereocenters. The SMILES string of the molecule is C=C/C(=C\C)COc1cccc2c1CN([C@H]1CCCCCC1=O)C2=O. The van der Waals surface area contributed by atoms with Gasteiger partial charge in [-0.1, -0.05) is 37.6 Å². The van der Waals surface area contributed by atoms with Crippen molar-refractivity contribution < 1.29 is 14.3 Å². The molecule has 2 aliphatic rings. The molecule has 0 spiro atoms. The van der Waals surface area contributed by atoms with Gasteiger partial charge in [-0.2, -0.15) is 0 Å². The van der Waals surface area contributed by atoms with Crippen LogP contribution in [0.3, 0.4) is 0 Å². The molecule has 1 saturated carbocycles. The molecule has 4 nitrogen and oxygen atoms in total. The molecule has 1 aromatic rings. The van der Waals surface area contributed by atoms with E-state index < -0.39 is 0 Å². The summed E-state index contributed by atoms with van der Waals surface area (Å²) >= 11 is 0. The zero-order valence-electron chi connectivity index (χ0n) is 14.8. The minimum atomic E-state index is -0.283. The summed E-state index contributed by atoms with van der Waals surface area (Å²) in [7, 11) is 0. The number of benzene rings is 1. The average molecular weight is 339 g/mol. The van der Waals surface area contributed by atoms with Crippen LogP contribution in [-0.2, 0) is 11.3 Å². The van der Waals surface area contributed by atoms with E-state index in [0.29, 0.717) is 25.1 Å². The predicted molar refractivity (Wildman–Crippen MR) is 97.6 cm³/mol. The van der Waals surface area contributed by atoms with Gasteiger partial charge in [0, 0.05) is 17.5 Å². The van der Waals surface area contributed by atoms with Crippen LogP contribution in [-0.4, -0.2) is 29.2 Å². The molecule has 0 unspecified atom stereocenters. The van der Waals surface area contributed by atoms with Gasteiger partial charge in [0.2, 0.25) is 0 Å². The van der Waals surface area contributed by atoms with Crippen molar-refractivity contribution in [1.29, 1.82) is 0 Å². The molecule has 0 saturated heterocycles. The van der Waals surface area contributed by atoms with Gasteiger partial charge < -0.3 is 9.64 Å². The first kappa shape index (κ1) is 17.5. The van der Waals surface area contributed by atoms with E-state index in [9.17, 15) is 9.59 Å². The van der Waals surface area contributed by atoms with E-state index in [4.69, 9.17) is 4.74 Å². The lowest BCUT2D eigenvalue weighted by Crippen LogP contribution is -2.40. The van der Waals surface area contributed by atoms with Crippen molar-refractivity contribution in [2.75, 3.05) is 6.61 Å². The highest BCUT2D eigenvalue weighted by atomic mass is 16.5. The number of allylic oxidation sites excluding steroid dienone is 1. The van der Waals surface area contributed by atoms with Crippen LogP contribution in [0.25, 0.3) is 0 Å². The van der Waals surface area contributed by atoms with Crippen LogP contribution in [0.5, 0.6) is 5.75 Å². The third-order valence-electron chi connectivity index (χ3n) is 5.13. The van der Waals surface area contributed by atoms with Crippen LogP contribution < -0.4 is 4.74 Å². The number of carbonyl (C=O) groups excluding carboxylic acids is 2. The Morgan fingerprint density at radius 2 is 2.16 bits per heavy atom. The molecule has 132 valence electrons. The van der Waals surface area contributed by atoms with Crippen LogP contribution in [0.4, 0.5) is 0 Å². The van der Waals surface area contributed by atoms with E-state index in [-0.39, 0.29) is 17.7 Å². The topological polar surface area (TPSA) is 46.6 Å². The highest BCUT2D eigenvalue weighted by Gasteiger charge is 2.37. The molecule has 0 aromatic heterocycles. The fourth-order valence-electron chi connectivity index (χ4n) is 3.61. The molecule has 1 fully saturated rings. The van der Waals surface area contributed by atoms with Crippen molar-refractivity contribution >= 4 is 11.7 Å². The molecule has 0 radical (unpaired) electrons. The standard InChI is InChI=1S/C21H25NO3/c1-3-15(4-2)14-25-20-12-8-9-16-17(20)13-22(21(16)24)18-10-6-5-7-11-19(18)23/h3-4,8-9,12,18H,1,5-7,10-11,13-14H2,2H3/b15-4+/t18-/m0/s1. The first-order valence-corrected chi connectivity index (χ1v) is 9.01. The summed E-state index contributed by atoms with van der Waals surface area (Å²) in [5.41, 5.74) is 2.55. The van der Waals surface area contributed by atoms with E-state index in [1.165, 1.54) is 0 Å². The Bertz CT molecular complexity index is 720. The molecule has 1 aliphatic heterocycles. The second kappa shape index (κ2) is 7.68. The Morgan fingerprint density at radius 3 is 2.92 bits per heavy atom. The molecule has 1 heterocycles. The van der Waals surface area contributed by atoms with E-state index in [0.717, 1.165) is 42.6 Å². The first-order valence-electron chi connectivity index (χ1n) is 9.01. The lowest BCUT2D eigenvalue weighted by molar-refractivity contribution is -0.123. The Kier molecular flexibility index (Phi) is 5.37. The predicted octanol–water partition coefficient (Wildman–Crippen LogP) is 4.06. The smallest absolute Gasteiger partial charge is 0.255 e. The van der Waals surface area contributed by atoms with Crippen molar-refractivity contribution in [3.8, 4) is 5.75 Å². The Balaban J connectivity index is 1.82.